The second-order valence-corrected chi connectivity index (χ2v) is 9.69. The molecule has 4 atom stereocenters. The predicted octanol–water partition coefficient (Wildman–Crippen LogP) is 2.31. The van der Waals surface area contributed by atoms with Crippen LogP contribution in [0.3, 0.4) is 0 Å². The first kappa shape index (κ1) is 16.5. The minimum Gasteiger partial charge on any atom is -0.443 e. The molecule has 3 aliphatic carbocycles. The molecule has 6 nitrogen and oxygen atoms in total. The van der Waals surface area contributed by atoms with Crippen molar-refractivity contribution in [3.63, 3.8) is 0 Å². The van der Waals surface area contributed by atoms with Gasteiger partial charge in [0.1, 0.15) is 11.3 Å². The number of Topliss-reactive ketones (excluding diaryl/α,β-unsaturated/α-hetero) is 1. The van der Waals surface area contributed by atoms with Crippen molar-refractivity contribution < 1.29 is 22.7 Å². The number of hydrogen-bond acceptors (Lipinski definition) is 5. The molecule has 0 saturated heterocycles. The highest BCUT2D eigenvalue weighted by atomic mass is 32.2. The molecule has 0 heterocycles. The van der Waals surface area contributed by atoms with Gasteiger partial charge in [0.05, 0.1) is 6.26 Å². The maximum atomic E-state index is 12.8. The summed E-state index contributed by atoms with van der Waals surface area (Å²) in [5.74, 6) is 0.453. The smallest absolute Gasteiger partial charge is 0.428 e. The summed E-state index contributed by atoms with van der Waals surface area (Å²) in [5.41, 5.74) is -0.856. The van der Waals surface area contributed by atoms with Gasteiger partial charge in [0, 0.05) is 5.92 Å². The molecule has 23 heavy (non-hydrogen) atoms. The van der Waals surface area contributed by atoms with Gasteiger partial charge in [0.25, 0.3) is 0 Å². The Morgan fingerprint density at radius 3 is 2.39 bits per heavy atom. The van der Waals surface area contributed by atoms with Crippen LogP contribution in [0.15, 0.2) is 11.8 Å². The molecule has 2 bridgehead atoms. The third-order valence-electron chi connectivity index (χ3n) is 5.00. The van der Waals surface area contributed by atoms with Gasteiger partial charge in [-0.3, -0.25) is 4.79 Å². The van der Waals surface area contributed by atoms with Crippen LogP contribution in [0.5, 0.6) is 0 Å². The highest BCUT2D eigenvalue weighted by molar-refractivity contribution is 7.89. The van der Waals surface area contributed by atoms with Gasteiger partial charge in [-0.1, -0.05) is 6.08 Å². The Morgan fingerprint density at radius 2 is 1.87 bits per heavy atom. The zero-order chi connectivity index (χ0) is 17.2. The van der Waals surface area contributed by atoms with Gasteiger partial charge in [-0.2, -0.15) is 4.31 Å². The molecule has 3 rings (SSSR count). The molecule has 0 aromatic heterocycles. The lowest BCUT2D eigenvalue weighted by molar-refractivity contribution is -0.121. The van der Waals surface area contributed by atoms with Crippen LogP contribution >= 0.6 is 0 Å². The van der Waals surface area contributed by atoms with Crippen molar-refractivity contribution in [2.75, 3.05) is 6.26 Å². The van der Waals surface area contributed by atoms with E-state index in [4.69, 9.17) is 4.74 Å². The molecular weight excluding hydrogens is 318 g/mol. The second-order valence-electron chi connectivity index (χ2n) is 7.86. The third kappa shape index (κ3) is 2.79. The number of sulfonamides is 1. The minimum absolute atomic E-state index is 0.0200. The van der Waals surface area contributed by atoms with Gasteiger partial charge in [0.2, 0.25) is 10.0 Å². The number of hydrogen-bond donors (Lipinski definition) is 0. The lowest BCUT2D eigenvalue weighted by Gasteiger charge is -2.26. The summed E-state index contributed by atoms with van der Waals surface area (Å²) in [4.78, 5) is 25.1. The van der Waals surface area contributed by atoms with Gasteiger partial charge in [-0.15, -0.1) is 0 Å². The maximum Gasteiger partial charge on any atom is 0.428 e. The predicted molar refractivity (Wildman–Crippen MR) is 83.8 cm³/mol. The number of ether oxygens (including phenoxy) is 1. The van der Waals surface area contributed by atoms with Crippen LogP contribution < -0.4 is 0 Å². The summed E-state index contributed by atoms with van der Waals surface area (Å²) in [6.45, 7) is 4.97. The Kier molecular flexibility index (Phi) is 3.63. The number of carbonyl (C=O) groups excluding carboxylic acids is 2. The number of ketones is 1. The average Bonchev–Trinajstić information content (AvgIpc) is 3.00. The monoisotopic (exact) mass is 341 g/mol. The number of nitrogens with zero attached hydrogens (tertiary/aromatic N) is 1. The lowest BCUT2D eigenvalue weighted by atomic mass is 9.81. The molecule has 0 spiro atoms. The van der Waals surface area contributed by atoms with Crippen LogP contribution in [0.2, 0.25) is 0 Å². The van der Waals surface area contributed by atoms with Crippen molar-refractivity contribution in [1.82, 2.24) is 4.31 Å². The second kappa shape index (κ2) is 5.06. The van der Waals surface area contributed by atoms with E-state index in [9.17, 15) is 18.0 Å². The van der Waals surface area contributed by atoms with E-state index in [0.717, 1.165) is 25.5 Å². The zero-order valence-electron chi connectivity index (χ0n) is 13.9. The minimum atomic E-state index is -3.93. The fraction of sp³-hybridized carbons (Fsp3) is 0.750. The van der Waals surface area contributed by atoms with Gasteiger partial charge in [-0.05, 0) is 57.8 Å². The van der Waals surface area contributed by atoms with Crippen LogP contribution in [0.25, 0.3) is 0 Å². The van der Waals surface area contributed by atoms with E-state index in [0.29, 0.717) is 16.1 Å². The maximum absolute atomic E-state index is 12.8. The van der Waals surface area contributed by atoms with Gasteiger partial charge in [0.15, 0.2) is 5.78 Å². The van der Waals surface area contributed by atoms with Crippen molar-refractivity contribution in [1.29, 1.82) is 0 Å². The summed E-state index contributed by atoms with van der Waals surface area (Å²) in [7, 11) is -3.93. The standard InChI is InChI=1S/C16H23NO5S/c1-16(2,3)22-15(19)17(23(4,20)21)12-8-11-9-5-6-10(7-9)13(11)14(12)18/h8-11,13H,5-7H2,1-4H3/t9-,10+,11+,13-/m0/s1. The van der Waals surface area contributed by atoms with Crippen molar-refractivity contribution in [2.45, 2.75) is 45.6 Å². The van der Waals surface area contributed by atoms with Gasteiger partial charge >= 0.3 is 6.09 Å². The summed E-state index contributed by atoms with van der Waals surface area (Å²) in [6, 6.07) is 0. The van der Waals surface area contributed by atoms with E-state index < -0.39 is 21.7 Å². The van der Waals surface area contributed by atoms with Crippen molar-refractivity contribution >= 4 is 21.9 Å². The van der Waals surface area contributed by atoms with E-state index in [-0.39, 0.29) is 23.3 Å². The topological polar surface area (TPSA) is 80.8 Å². The van der Waals surface area contributed by atoms with Crippen molar-refractivity contribution in [2.24, 2.45) is 23.7 Å². The number of carbonyl (C=O) groups is 2. The van der Waals surface area contributed by atoms with E-state index in [1.54, 1.807) is 26.8 Å². The first-order valence-electron chi connectivity index (χ1n) is 7.98. The Hall–Kier alpha value is -1.37. The summed E-state index contributed by atoms with van der Waals surface area (Å²) >= 11 is 0. The molecule has 0 unspecified atom stereocenters. The molecule has 7 heteroatoms. The fourth-order valence-electron chi connectivity index (χ4n) is 4.28. The Labute approximate surface area is 136 Å². The Balaban J connectivity index is 1.94. The first-order valence-corrected chi connectivity index (χ1v) is 9.83. The Morgan fingerprint density at radius 1 is 1.26 bits per heavy atom. The van der Waals surface area contributed by atoms with Crippen molar-refractivity contribution in [3.05, 3.63) is 11.8 Å². The molecule has 1 amide bonds. The van der Waals surface area contributed by atoms with E-state index >= 15 is 0 Å². The third-order valence-corrected chi connectivity index (χ3v) is 6.00. The molecule has 0 aliphatic heterocycles. The SMILES string of the molecule is CC(C)(C)OC(=O)N(C1=C[C@@H]2[C@H]3CC[C@H](C3)[C@@H]2C1=O)S(C)(=O)=O. The highest BCUT2D eigenvalue weighted by Crippen LogP contribution is 2.56. The normalized spacial score (nSPS) is 32.7. The molecule has 2 saturated carbocycles. The quantitative estimate of drug-likeness (QED) is 0.770. The number of allylic oxidation sites excluding steroid dienone is 2. The van der Waals surface area contributed by atoms with E-state index in [1.165, 1.54) is 0 Å². The lowest BCUT2D eigenvalue weighted by Crippen LogP contribution is -2.41. The first-order chi connectivity index (χ1) is 10.5. The summed E-state index contributed by atoms with van der Waals surface area (Å²) < 4.78 is 30.0. The van der Waals surface area contributed by atoms with Crippen LogP contribution in [0.4, 0.5) is 4.79 Å². The molecular formula is C16H23NO5S. The molecule has 0 radical (unpaired) electrons. The van der Waals surface area contributed by atoms with E-state index in [1.807, 2.05) is 0 Å². The van der Waals surface area contributed by atoms with Gasteiger partial charge < -0.3 is 4.74 Å². The molecule has 0 aromatic carbocycles. The van der Waals surface area contributed by atoms with Crippen LogP contribution in [0, 0.1) is 23.7 Å². The largest absolute Gasteiger partial charge is 0.443 e. The van der Waals surface area contributed by atoms with E-state index in [2.05, 4.69) is 0 Å². The Bertz CT molecular complexity index is 688. The van der Waals surface area contributed by atoms with Crippen LogP contribution in [0.1, 0.15) is 40.0 Å². The molecule has 0 N–H and O–H groups in total. The molecule has 2 fully saturated rings. The molecule has 0 aromatic rings. The van der Waals surface area contributed by atoms with Crippen LogP contribution in [-0.2, 0) is 19.6 Å². The average molecular weight is 341 g/mol. The number of rotatable bonds is 2. The summed E-state index contributed by atoms with van der Waals surface area (Å²) in [5, 5.41) is 0. The zero-order valence-corrected chi connectivity index (χ0v) is 14.7. The number of fused-ring (bicyclic) bond motifs is 5. The number of amides is 1. The summed E-state index contributed by atoms with van der Waals surface area (Å²) in [6.07, 6.45) is 4.75. The fourth-order valence-corrected chi connectivity index (χ4v) is 5.10. The van der Waals surface area contributed by atoms with Crippen LogP contribution in [-0.4, -0.2) is 36.5 Å². The molecule has 128 valence electrons. The highest BCUT2D eigenvalue weighted by Gasteiger charge is 2.55. The molecule has 3 aliphatic rings. The van der Waals surface area contributed by atoms with Gasteiger partial charge in [-0.25, -0.2) is 13.2 Å². The van der Waals surface area contributed by atoms with Crippen molar-refractivity contribution in [3.8, 4) is 0 Å².